The molecule has 0 saturated carbocycles. The Hall–Kier alpha value is -3.09. The van der Waals surface area contributed by atoms with Gasteiger partial charge in [0.2, 0.25) is 11.1 Å². The van der Waals surface area contributed by atoms with E-state index in [4.69, 9.17) is 0 Å². The molecule has 170 valence electrons. The van der Waals surface area contributed by atoms with E-state index in [0.717, 1.165) is 23.7 Å². The van der Waals surface area contributed by atoms with E-state index < -0.39 is 35.1 Å². The third-order valence-electron chi connectivity index (χ3n) is 4.23. The summed E-state index contributed by atoms with van der Waals surface area (Å²) in [4.78, 5) is 12.2. The summed E-state index contributed by atoms with van der Waals surface area (Å²) in [6, 6.07) is 8.19. The van der Waals surface area contributed by atoms with Gasteiger partial charge >= 0.3 is 12.4 Å². The Morgan fingerprint density at radius 2 is 1.59 bits per heavy atom. The topological polar surface area (TPSA) is 72.7 Å². The van der Waals surface area contributed by atoms with Crippen LogP contribution in [0.1, 0.15) is 23.6 Å². The highest BCUT2D eigenvalue weighted by molar-refractivity contribution is 7.99. The van der Waals surface area contributed by atoms with Gasteiger partial charge in [-0.2, -0.15) is 31.0 Å². The second-order valence-corrected chi connectivity index (χ2v) is 7.47. The lowest BCUT2D eigenvalue weighted by molar-refractivity contribution is -0.143. The molecular formula is C19H15F6N5OS. The fourth-order valence-corrected chi connectivity index (χ4v) is 3.35. The number of thioether (sulfide) groups is 1. The summed E-state index contributed by atoms with van der Waals surface area (Å²) < 4.78 is 79.1. The van der Waals surface area contributed by atoms with Gasteiger partial charge < -0.3 is 5.32 Å². The smallest absolute Gasteiger partial charge is 0.325 e. The van der Waals surface area contributed by atoms with E-state index in [9.17, 15) is 31.1 Å². The second kappa shape index (κ2) is 9.18. The number of halogens is 6. The molecule has 0 saturated heterocycles. The van der Waals surface area contributed by atoms with Crippen molar-refractivity contribution in [2.24, 2.45) is 0 Å². The number of nitrogens with one attached hydrogen (secondary N) is 1. The molecule has 32 heavy (non-hydrogen) atoms. The molecule has 1 N–H and O–H groups in total. The number of benzene rings is 2. The molecule has 0 fully saturated rings. The molecule has 0 bridgehead atoms. The van der Waals surface area contributed by atoms with Gasteiger partial charge in [0.1, 0.15) is 0 Å². The summed E-state index contributed by atoms with van der Waals surface area (Å²) in [5.41, 5.74) is -1.94. The Bertz CT molecular complexity index is 1060. The minimum absolute atomic E-state index is 0.0115. The highest BCUT2D eigenvalue weighted by atomic mass is 32.2. The Morgan fingerprint density at radius 1 is 1.00 bits per heavy atom. The quantitative estimate of drug-likeness (QED) is 0.402. The van der Waals surface area contributed by atoms with E-state index in [0.29, 0.717) is 17.8 Å². The predicted molar refractivity (Wildman–Crippen MR) is 104 cm³/mol. The average molecular weight is 475 g/mol. The molecule has 6 nitrogen and oxygen atoms in total. The molecular weight excluding hydrogens is 460 g/mol. The van der Waals surface area contributed by atoms with Crippen molar-refractivity contribution in [1.29, 1.82) is 0 Å². The molecule has 0 aliphatic heterocycles. The molecule has 3 aromatic rings. The van der Waals surface area contributed by atoms with E-state index in [1.54, 1.807) is 12.1 Å². The van der Waals surface area contributed by atoms with E-state index >= 15 is 0 Å². The van der Waals surface area contributed by atoms with Gasteiger partial charge in [0.05, 0.1) is 22.6 Å². The number of hydrogen-bond donors (Lipinski definition) is 1. The van der Waals surface area contributed by atoms with Gasteiger partial charge in [-0.25, -0.2) is 0 Å². The Labute approximate surface area is 182 Å². The maximum Gasteiger partial charge on any atom is 0.416 e. The molecule has 2 aromatic carbocycles. The van der Waals surface area contributed by atoms with E-state index in [1.165, 1.54) is 4.68 Å². The third-order valence-corrected chi connectivity index (χ3v) is 5.15. The van der Waals surface area contributed by atoms with Crippen LogP contribution in [0.2, 0.25) is 0 Å². The monoisotopic (exact) mass is 475 g/mol. The number of carbonyl (C=O) groups excluding carboxylic acids is 1. The van der Waals surface area contributed by atoms with Crippen LogP contribution < -0.4 is 5.32 Å². The largest absolute Gasteiger partial charge is 0.416 e. The maximum atomic E-state index is 13.0. The average Bonchev–Trinajstić information content (AvgIpc) is 3.19. The molecule has 1 amide bonds. The van der Waals surface area contributed by atoms with Gasteiger partial charge in [-0.3, -0.25) is 4.79 Å². The summed E-state index contributed by atoms with van der Waals surface area (Å²) in [7, 11) is 0. The van der Waals surface area contributed by atoms with Crippen LogP contribution in [0.3, 0.4) is 0 Å². The molecule has 0 radical (unpaired) electrons. The second-order valence-electron chi connectivity index (χ2n) is 6.52. The molecule has 0 atom stereocenters. The fourth-order valence-electron chi connectivity index (χ4n) is 2.66. The molecule has 3 rings (SSSR count). The van der Waals surface area contributed by atoms with Gasteiger partial charge in [-0.05, 0) is 52.7 Å². The number of carbonyl (C=O) groups is 1. The highest BCUT2D eigenvalue weighted by Crippen LogP contribution is 2.37. The maximum absolute atomic E-state index is 13.0. The van der Waals surface area contributed by atoms with Gasteiger partial charge in [0, 0.05) is 5.69 Å². The van der Waals surface area contributed by atoms with Crippen LogP contribution in [0, 0.1) is 0 Å². The van der Waals surface area contributed by atoms with Gasteiger partial charge in [-0.1, -0.05) is 30.8 Å². The van der Waals surface area contributed by atoms with Gasteiger partial charge in [0.15, 0.2) is 0 Å². The number of alkyl halides is 6. The first-order chi connectivity index (χ1) is 15.0. The van der Waals surface area contributed by atoms with Crippen molar-refractivity contribution in [2.45, 2.75) is 30.9 Å². The van der Waals surface area contributed by atoms with Crippen LogP contribution in [0.15, 0.2) is 47.6 Å². The Morgan fingerprint density at radius 3 is 2.12 bits per heavy atom. The molecule has 0 aliphatic carbocycles. The number of hydrogen-bond acceptors (Lipinski definition) is 5. The van der Waals surface area contributed by atoms with Crippen LogP contribution in [0.5, 0.6) is 0 Å². The zero-order valence-electron chi connectivity index (χ0n) is 16.3. The number of rotatable bonds is 6. The number of nitrogens with zero attached hydrogens (tertiary/aromatic N) is 4. The van der Waals surface area contributed by atoms with Crippen molar-refractivity contribution in [3.63, 3.8) is 0 Å². The van der Waals surface area contributed by atoms with Crippen molar-refractivity contribution in [3.05, 3.63) is 59.2 Å². The van der Waals surface area contributed by atoms with E-state index in [-0.39, 0.29) is 17.0 Å². The van der Waals surface area contributed by atoms with Crippen molar-refractivity contribution in [1.82, 2.24) is 20.2 Å². The first-order valence-corrected chi connectivity index (χ1v) is 10.1. The molecule has 13 heteroatoms. The molecule has 1 aromatic heterocycles. The number of aromatic nitrogens is 4. The van der Waals surface area contributed by atoms with Crippen LogP contribution in [-0.4, -0.2) is 31.9 Å². The zero-order chi connectivity index (χ0) is 23.5. The normalized spacial score (nSPS) is 12.1. The number of tetrazole rings is 1. The van der Waals surface area contributed by atoms with Crippen molar-refractivity contribution >= 4 is 23.4 Å². The minimum atomic E-state index is -5.01. The van der Waals surface area contributed by atoms with Crippen LogP contribution in [0.25, 0.3) is 5.69 Å². The van der Waals surface area contributed by atoms with E-state index in [1.807, 2.05) is 19.1 Å². The Balaban J connectivity index is 1.73. The number of anilines is 1. The van der Waals surface area contributed by atoms with Crippen molar-refractivity contribution < 1.29 is 31.1 Å². The fraction of sp³-hybridized carbons (Fsp3) is 0.263. The highest BCUT2D eigenvalue weighted by Gasteiger charge is 2.37. The summed E-state index contributed by atoms with van der Waals surface area (Å²) in [6.07, 6.45) is -9.18. The van der Waals surface area contributed by atoms with Crippen LogP contribution in [0.4, 0.5) is 32.0 Å². The summed E-state index contributed by atoms with van der Waals surface area (Å²) >= 11 is 0.876. The lowest BCUT2D eigenvalue weighted by Gasteiger charge is -2.14. The summed E-state index contributed by atoms with van der Waals surface area (Å²) in [6.45, 7) is 1.99. The predicted octanol–water partition coefficient (Wildman–Crippen LogP) is 4.99. The molecule has 0 unspecified atom stereocenters. The lowest BCUT2D eigenvalue weighted by Crippen LogP contribution is -2.17. The minimum Gasteiger partial charge on any atom is -0.325 e. The lowest BCUT2D eigenvalue weighted by atomic mass is 10.1. The summed E-state index contributed by atoms with van der Waals surface area (Å²) in [5.74, 6) is -1.16. The molecule has 1 heterocycles. The Kier molecular flexibility index (Phi) is 6.77. The van der Waals surface area contributed by atoms with Crippen molar-refractivity contribution in [3.8, 4) is 5.69 Å². The van der Waals surface area contributed by atoms with Crippen LogP contribution in [-0.2, 0) is 23.6 Å². The molecule has 0 spiro atoms. The standard InChI is InChI=1S/C19H15F6N5OS/c1-2-11-3-5-15(6-4-11)30-17(27-28-29-30)32-10-16(31)26-14-8-12(18(20,21)22)7-13(9-14)19(23,24)25/h3-9H,2,10H2,1H3,(H,26,31). The van der Waals surface area contributed by atoms with Gasteiger partial charge in [-0.15, -0.1) is 5.10 Å². The zero-order valence-corrected chi connectivity index (χ0v) is 17.1. The third kappa shape index (κ3) is 5.78. The number of amides is 1. The summed E-state index contributed by atoms with van der Waals surface area (Å²) in [5, 5.41) is 13.5. The molecule has 0 aliphatic rings. The first kappa shape index (κ1) is 23.6. The van der Waals surface area contributed by atoms with Gasteiger partial charge in [0.25, 0.3) is 0 Å². The van der Waals surface area contributed by atoms with E-state index in [2.05, 4.69) is 20.8 Å². The SMILES string of the molecule is CCc1ccc(-n2nnnc2SCC(=O)Nc2cc(C(F)(F)F)cc(C(F)(F)F)c2)cc1. The first-order valence-electron chi connectivity index (χ1n) is 9.07. The van der Waals surface area contributed by atoms with Crippen molar-refractivity contribution in [2.75, 3.05) is 11.1 Å². The number of aryl methyl sites for hydroxylation is 1. The van der Waals surface area contributed by atoms with Crippen LogP contribution >= 0.6 is 11.8 Å².